The summed E-state index contributed by atoms with van der Waals surface area (Å²) in [4.78, 5) is 21.0. The fourth-order valence-electron chi connectivity index (χ4n) is 1.36. The minimum atomic E-state index is -1.28. The van der Waals surface area contributed by atoms with Crippen LogP contribution in [0.25, 0.3) is 0 Å². The van der Waals surface area contributed by atoms with Crippen molar-refractivity contribution in [2.24, 2.45) is 5.73 Å². The number of carboxylic acids is 1. The predicted molar refractivity (Wildman–Crippen MR) is 67.2 cm³/mol. The van der Waals surface area contributed by atoms with Gasteiger partial charge >= 0.3 is 5.97 Å². The Morgan fingerprint density at radius 1 is 1.56 bits per heavy atom. The summed E-state index contributed by atoms with van der Waals surface area (Å²) in [6.45, 7) is 0.883. The number of hydrogen-bond donors (Lipinski definition) is 3. The molecule has 1 rings (SSSR count). The molecule has 0 atom stereocenters. The van der Waals surface area contributed by atoms with Crippen molar-refractivity contribution in [3.8, 4) is 0 Å². The average molecular weight is 274 g/mol. The summed E-state index contributed by atoms with van der Waals surface area (Å²) >= 11 is 5.84. The van der Waals surface area contributed by atoms with E-state index in [2.05, 4.69) is 5.32 Å². The molecule has 4 N–H and O–H groups in total. The van der Waals surface area contributed by atoms with Gasteiger partial charge in [0.05, 0.1) is 21.2 Å². The van der Waals surface area contributed by atoms with Crippen LogP contribution in [-0.2, 0) is 0 Å². The Balaban J connectivity index is 3.15. The van der Waals surface area contributed by atoms with Crippen LogP contribution >= 0.6 is 11.6 Å². The zero-order chi connectivity index (χ0) is 13.7. The molecule has 1 aromatic rings. The van der Waals surface area contributed by atoms with Crippen molar-refractivity contribution in [2.45, 2.75) is 6.42 Å². The molecule has 8 heteroatoms. The van der Waals surface area contributed by atoms with Crippen LogP contribution in [0.3, 0.4) is 0 Å². The van der Waals surface area contributed by atoms with Crippen molar-refractivity contribution in [3.63, 3.8) is 0 Å². The van der Waals surface area contributed by atoms with E-state index in [1.807, 2.05) is 0 Å². The summed E-state index contributed by atoms with van der Waals surface area (Å²) < 4.78 is 0. The summed E-state index contributed by atoms with van der Waals surface area (Å²) in [5.74, 6) is -1.28. The highest BCUT2D eigenvalue weighted by Crippen LogP contribution is 2.31. The van der Waals surface area contributed by atoms with Gasteiger partial charge in [-0.15, -0.1) is 0 Å². The zero-order valence-electron chi connectivity index (χ0n) is 9.35. The SMILES string of the molecule is NCCCNc1c(Cl)cc([N+](=O)[O-])cc1C(=O)O. The van der Waals surface area contributed by atoms with E-state index in [1.54, 1.807) is 0 Å². The zero-order valence-corrected chi connectivity index (χ0v) is 10.1. The van der Waals surface area contributed by atoms with Crippen molar-refractivity contribution in [1.29, 1.82) is 0 Å². The van der Waals surface area contributed by atoms with E-state index in [-0.39, 0.29) is 22.0 Å². The second-order valence-corrected chi connectivity index (χ2v) is 3.89. The van der Waals surface area contributed by atoms with Crippen LogP contribution in [0.15, 0.2) is 12.1 Å². The molecular weight excluding hydrogens is 262 g/mol. The molecule has 7 nitrogen and oxygen atoms in total. The lowest BCUT2D eigenvalue weighted by molar-refractivity contribution is -0.384. The molecular formula is C10H12ClN3O4. The van der Waals surface area contributed by atoms with Gasteiger partial charge in [-0.25, -0.2) is 4.79 Å². The van der Waals surface area contributed by atoms with Gasteiger partial charge in [0.15, 0.2) is 0 Å². The summed E-state index contributed by atoms with van der Waals surface area (Å²) in [6.07, 6.45) is 0.631. The Morgan fingerprint density at radius 3 is 2.72 bits per heavy atom. The number of anilines is 1. The van der Waals surface area contributed by atoms with E-state index >= 15 is 0 Å². The van der Waals surface area contributed by atoms with E-state index in [0.717, 1.165) is 12.1 Å². The largest absolute Gasteiger partial charge is 0.478 e. The van der Waals surface area contributed by atoms with Gasteiger partial charge in [0.25, 0.3) is 5.69 Å². The van der Waals surface area contributed by atoms with Gasteiger partial charge in [0.2, 0.25) is 0 Å². The molecule has 0 aliphatic carbocycles. The van der Waals surface area contributed by atoms with Gasteiger partial charge in [-0.1, -0.05) is 11.6 Å². The number of carboxylic acid groups (broad SMARTS) is 1. The van der Waals surface area contributed by atoms with Gasteiger partial charge in [0, 0.05) is 18.7 Å². The highest BCUT2D eigenvalue weighted by Gasteiger charge is 2.19. The van der Waals surface area contributed by atoms with Gasteiger partial charge in [-0.2, -0.15) is 0 Å². The molecule has 0 aliphatic heterocycles. The number of nitrogens with zero attached hydrogens (tertiary/aromatic N) is 1. The third kappa shape index (κ3) is 3.31. The highest BCUT2D eigenvalue weighted by molar-refractivity contribution is 6.34. The lowest BCUT2D eigenvalue weighted by atomic mass is 10.1. The fourth-order valence-corrected chi connectivity index (χ4v) is 1.64. The molecule has 0 spiro atoms. The Hall–Kier alpha value is -1.86. The first-order valence-electron chi connectivity index (χ1n) is 5.12. The maximum absolute atomic E-state index is 11.0. The maximum atomic E-state index is 11.0. The summed E-state index contributed by atoms with van der Waals surface area (Å²) in [6, 6.07) is 2.08. The molecule has 0 bridgehead atoms. The first-order chi connectivity index (χ1) is 8.47. The van der Waals surface area contributed by atoms with Crippen molar-refractivity contribution in [3.05, 3.63) is 32.8 Å². The monoisotopic (exact) mass is 273 g/mol. The molecule has 0 saturated heterocycles. The first kappa shape index (κ1) is 14.2. The third-order valence-electron chi connectivity index (χ3n) is 2.20. The molecule has 0 saturated carbocycles. The number of carbonyl (C=O) groups is 1. The van der Waals surface area contributed by atoms with Crippen molar-refractivity contribution >= 4 is 28.9 Å². The smallest absolute Gasteiger partial charge is 0.338 e. The maximum Gasteiger partial charge on any atom is 0.338 e. The molecule has 18 heavy (non-hydrogen) atoms. The number of nitro benzene ring substituents is 1. The molecule has 0 heterocycles. The molecule has 0 aromatic heterocycles. The quantitative estimate of drug-likeness (QED) is 0.412. The van der Waals surface area contributed by atoms with Gasteiger partial charge in [-0.05, 0) is 13.0 Å². The number of nitrogens with one attached hydrogen (secondary N) is 1. The Morgan fingerprint density at radius 2 is 2.22 bits per heavy atom. The molecule has 0 fully saturated rings. The molecule has 0 amide bonds. The Labute approximate surface area is 108 Å². The standard InChI is InChI=1S/C10H12ClN3O4/c11-8-5-6(14(17)18)4-7(10(15)16)9(8)13-3-1-2-12/h4-5,13H,1-3,12H2,(H,15,16). The van der Waals surface area contributed by atoms with Crippen LogP contribution in [0.4, 0.5) is 11.4 Å². The van der Waals surface area contributed by atoms with Crippen molar-refractivity contribution in [1.82, 2.24) is 0 Å². The fraction of sp³-hybridized carbons (Fsp3) is 0.300. The minimum Gasteiger partial charge on any atom is -0.478 e. The van der Waals surface area contributed by atoms with Crippen molar-refractivity contribution < 1.29 is 14.8 Å². The number of non-ortho nitro benzene ring substituents is 1. The summed E-state index contributed by atoms with van der Waals surface area (Å²) in [7, 11) is 0. The third-order valence-corrected chi connectivity index (χ3v) is 2.50. The van der Waals surface area contributed by atoms with Gasteiger partial charge < -0.3 is 16.2 Å². The second kappa shape index (κ2) is 6.18. The number of halogens is 1. The van der Waals surface area contributed by atoms with Crippen LogP contribution in [-0.4, -0.2) is 29.1 Å². The number of rotatable bonds is 6. The molecule has 1 aromatic carbocycles. The number of aromatic carboxylic acids is 1. The molecule has 0 aliphatic rings. The lowest BCUT2D eigenvalue weighted by Gasteiger charge is -2.11. The van der Waals surface area contributed by atoms with E-state index < -0.39 is 10.9 Å². The van der Waals surface area contributed by atoms with Crippen LogP contribution in [0.5, 0.6) is 0 Å². The Bertz CT molecular complexity index is 478. The second-order valence-electron chi connectivity index (χ2n) is 3.48. The topological polar surface area (TPSA) is 118 Å². The number of hydrogen-bond acceptors (Lipinski definition) is 5. The van der Waals surface area contributed by atoms with E-state index in [0.29, 0.717) is 19.5 Å². The predicted octanol–water partition coefficient (Wildman–Crippen LogP) is 1.71. The lowest BCUT2D eigenvalue weighted by Crippen LogP contribution is -2.12. The minimum absolute atomic E-state index is 0.00128. The average Bonchev–Trinajstić information content (AvgIpc) is 2.30. The number of nitro groups is 1. The van der Waals surface area contributed by atoms with Crippen LogP contribution < -0.4 is 11.1 Å². The summed E-state index contributed by atoms with van der Waals surface area (Å²) in [5, 5.41) is 22.4. The van der Waals surface area contributed by atoms with Crippen LogP contribution in [0.2, 0.25) is 5.02 Å². The van der Waals surface area contributed by atoms with Crippen LogP contribution in [0.1, 0.15) is 16.8 Å². The van der Waals surface area contributed by atoms with E-state index in [4.69, 9.17) is 22.4 Å². The molecule has 0 unspecified atom stereocenters. The normalized spacial score (nSPS) is 10.1. The number of benzene rings is 1. The number of nitrogens with two attached hydrogens (primary N) is 1. The van der Waals surface area contributed by atoms with Crippen LogP contribution in [0, 0.1) is 10.1 Å². The highest BCUT2D eigenvalue weighted by atomic mass is 35.5. The van der Waals surface area contributed by atoms with Crippen molar-refractivity contribution in [2.75, 3.05) is 18.4 Å². The molecule has 98 valence electrons. The van der Waals surface area contributed by atoms with E-state index in [1.165, 1.54) is 0 Å². The van der Waals surface area contributed by atoms with Gasteiger partial charge in [-0.3, -0.25) is 10.1 Å². The first-order valence-corrected chi connectivity index (χ1v) is 5.50. The van der Waals surface area contributed by atoms with Gasteiger partial charge in [0.1, 0.15) is 0 Å². The Kier molecular flexibility index (Phi) is 4.87. The summed E-state index contributed by atoms with van der Waals surface area (Å²) in [5.41, 5.74) is 4.89. The molecule has 0 radical (unpaired) electrons. The van der Waals surface area contributed by atoms with E-state index in [9.17, 15) is 14.9 Å².